The van der Waals surface area contributed by atoms with Crippen molar-refractivity contribution in [3.8, 4) is 22.9 Å². The van der Waals surface area contributed by atoms with Crippen LogP contribution in [0.25, 0.3) is 11.4 Å². The zero-order chi connectivity index (χ0) is 23.5. The predicted octanol–water partition coefficient (Wildman–Crippen LogP) is 1.90. The Kier molecular flexibility index (Phi) is 8.89. The summed E-state index contributed by atoms with van der Waals surface area (Å²) in [6.07, 6.45) is 3.64. The molecule has 0 spiro atoms. The number of hydrogen-bond acceptors (Lipinski definition) is 8. The molecule has 0 aliphatic carbocycles. The number of ether oxygens (including phenoxy) is 3. The molecule has 3 rings (SSSR count). The Balaban J connectivity index is 1.59. The van der Waals surface area contributed by atoms with Gasteiger partial charge in [-0.2, -0.15) is 0 Å². The molecule has 1 aromatic carbocycles. The van der Waals surface area contributed by atoms with E-state index in [1.165, 1.54) is 7.11 Å². The predicted molar refractivity (Wildman–Crippen MR) is 121 cm³/mol. The fourth-order valence-electron chi connectivity index (χ4n) is 2.96. The lowest BCUT2D eigenvalue weighted by atomic mass is 10.2. The minimum Gasteiger partial charge on any atom is -0.493 e. The van der Waals surface area contributed by atoms with E-state index in [4.69, 9.17) is 14.2 Å². The first-order valence-electron chi connectivity index (χ1n) is 10.6. The highest BCUT2D eigenvalue weighted by Gasteiger charge is 2.12. The van der Waals surface area contributed by atoms with Gasteiger partial charge in [0.05, 0.1) is 13.7 Å². The third kappa shape index (κ3) is 7.11. The molecule has 0 fully saturated rings. The van der Waals surface area contributed by atoms with Crippen LogP contribution in [0.5, 0.6) is 11.5 Å². The average Bonchev–Trinajstić information content (AvgIpc) is 2.85. The van der Waals surface area contributed by atoms with Crippen LogP contribution in [0.4, 0.5) is 0 Å². The molecular weight excluding hydrogens is 426 g/mol. The van der Waals surface area contributed by atoms with E-state index in [1.807, 2.05) is 19.1 Å². The molecule has 33 heavy (non-hydrogen) atoms. The molecule has 1 amide bonds. The lowest BCUT2D eigenvalue weighted by Gasteiger charge is -2.12. The number of nitrogens with zero attached hydrogens (tertiary/aromatic N) is 3. The van der Waals surface area contributed by atoms with E-state index in [9.17, 15) is 9.59 Å². The molecule has 10 nitrogen and oxygen atoms in total. The van der Waals surface area contributed by atoms with Gasteiger partial charge in [-0.25, -0.2) is 0 Å². The first-order valence-corrected chi connectivity index (χ1v) is 10.6. The number of carbonyl (C=O) groups is 1. The third-order valence-electron chi connectivity index (χ3n) is 4.72. The Morgan fingerprint density at radius 3 is 2.64 bits per heavy atom. The van der Waals surface area contributed by atoms with E-state index >= 15 is 0 Å². The molecule has 0 aliphatic rings. The van der Waals surface area contributed by atoms with Crippen molar-refractivity contribution in [2.45, 2.75) is 26.3 Å². The lowest BCUT2D eigenvalue weighted by molar-refractivity contribution is -0.121. The van der Waals surface area contributed by atoms with Gasteiger partial charge in [0.2, 0.25) is 5.91 Å². The van der Waals surface area contributed by atoms with Crippen LogP contribution in [0.15, 0.2) is 47.5 Å². The Morgan fingerprint density at radius 2 is 1.91 bits per heavy atom. The highest BCUT2D eigenvalue weighted by atomic mass is 16.5. The number of H-pyrrole nitrogens is 1. The van der Waals surface area contributed by atoms with Gasteiger partial charge in [-0.15, -0.1) is 10.2 Å². The number of rotatable bonds is 12. The van der Waals surface area contributed by atoms with Crippen molar-refractivity contribution in [2.24, 2.45) is 0 Å². The number of aromatic amines is 1. The molecule has 0 atom stereocenters. The van der Waals surface area contributed by atoms with Crippen molar-refractivity contribution in [2.75, 3.05) is 26.9 Å². The molecule has 0 bridgehead atoms. The standard InChI is InChI=1S/C23H27N5O5/c1-3-32-12-13-33-19-6-4-17(14-20(19)31-2)22-26-23(30)18(27-28-22)5-7-21(29)25-15-16-8-10-24-11-9-16/h4,6,8-11,14H,3,5,7,12-13,15H2,1-2H3,(H,25,29)(H,26,28,30). The molecule has 2 heterocycles. The first-order chi connectivity index (χ1) is 16.1. The second-order valence-corrected chi connectivity index (χ2v) is 6.99. The van der Waals surface area contributed by atoms with Crippen LogP contribution in [0.3, 0.4) is 0 Å². The monoisotopic (exact) mass is 453 g/mol. The van der Waals surface area contributed by atoms with Crippen molar-refractivity contribution < 1.29 is 19.0 Å². The van der Waals surface area contributed by atoms with Gasteiger partial charge in [0.1, 0.15) is 12.3 Å². The van der Waals surface area contributed by atoms with Crippen LogP contribution < -0.4 is 20.3 Å². The highest BCUT2D eigenvalue weighted by molar-refractivity contribution is 5.76. The van der Waals surface area contributed by atoms with Gasteiger partial charge in [0, 0.05) is 44.0 Å². The van der Waals surface area contributed by atoms with Crippen LogP contribution in [-0.2, 0) is 22.5 Å². The molecule has 10 heteroatoms. The van der Waals surface area contributed by atoms with Crippen LogP contribution in [0.2, 0.25) is 0 Å². The van der Waals surface area contributed by atoms with Crippen LogP contribution in [0.1, 0.15) is 24.6 Å². The van der Waals surface area contributed by atoms with E-state index in [0.717, 1.165) is 5.56 Å². The van der Waals surface area contributed by atoms with Crippen LogP contribution in [0, 0.1) is 0 Å². The van der Waals surface area contributed by atoms with Gasteiger partial charge in [-0.05, 0) is 42.8 Å². The summed E-state index contributed by atoms with van der Waals surface area (Å²) in [5.41, 5.74) is 1.37. The second-order valence-electron chi connectivity index (χ2n) is 6.99. The summed E-state index contributed by atoms with van der Waals surface area (Å²) in [5, 5.41) is 10.9. The molecule has 2 N–H and O–H groups in total. The quantitative estimate of drug-likeness (QED) is 0.398. The molecule has 3 aromatic rings. The maximum atomic E-state index is 12.5. The van der Waals surface area contributed by atoms with Crippen molar-refractivity contribution in [1.82, 2.24) is 25.5 Å². The summed E-state index contributed by atoms with van der Waals surface area (Å²) in [4.78, 5) is 31.2. The van der Waals surface area contributed by atoms with Gasteiger partial charge in [0.15, 0.2) is 17.3 Å². The Hall–Kier alpha value is -3.79. The molecule has 174 valence electrons. The summed E-state index contributed by atoms with van der Waals surface area (Å²) in [6.45, 7) is 3.81. The van der Waals surface area contributed by atoms with Gasteiger partial charge in [-0.1, -0.05) is 0 Å². The number of hydrogen-bond donors (Lipinski definition) is 2. The minimum absolute atomic E-state index is 0.129. The SMILES string of the molecule is CCOCCOc1ccc(-c2nnc(CCC(=O)NCc3ccncc3)c(=O)[nH]2)cc1OC. The number of benzene rings is 1. The lowest BCUT2D eigenvalue weighted by Crippen LogP contribution is -2.25. The number of amides is 1. The van der Waals surface area contributed by atoms with Crippen molar-refractivity contribution in [1.29, 1.82) is 0 Å². The summed E-state index contributed by atoms with van der Waals surface area (Å²) < 4.78 is 16.3. The fraction of sp³-hybridized carbons (Fsp3) is 0.348. The number of carbonyl (C=O) groups excluding carboxylic acids is 1. The molecule has 0 aliphatic heterocycles. The second kappa shape index (κ2) is 12.3. The minimum atomic E-state index is -0.391. The largest absolute Gasteiger partial charge is 0.493 e. The van der Waals surface area contributed by atoms with E-state index in [-0.39, 0.29) is 24.4 Å². The third-order valence-corrected chi connectivity index (χ3v) is 4.72. The van der Waals surface area contributed by atoms with Crippen molar-refractivity contribution in [3.63, 3.8) is 0 Å². The summed E-state index contributed by atoms with van der Waals surface area (Å²) in [5.74, 6) is 1.18. The molecule has 0 saturated heterocycles. The zero-order valence-electron chi connectivity index (χ0n) is 18.7. The average molecular weight is 453 g/mol. The summed E-state index contributed by atoms with van der Waals surface area (Å²) in [7, 11) is 1.53. The zero-order valence-corrected chi connectivity index (χ0v) is 18.7. The maximum Gasteiger partial charge on any atom is 0.273 e. The van der Waals surface area contributed by atoms with E-state index in [2.05, 4.69) is 25.5 Å². The van der Waals surface area contributed by atoms with Crippen molar-refractivity contribution in [3.05, 3.63) is 64.3 Å². The molecule has 0 unspecified atom stereocenters. The number of pyridine rings is 1. The number of aromatic nitrogens is 4. The Bertz CT molecular complexity index is 1100. The van der Waals surface area contributed by atoms with Crippen LogP contribution >= 0.6 is 0 Å². The Labute approximate surface area is 191 Å². The Morgan fingerprint density at radius 1 is 1.09 bits per heavy atom. The molecule has 0 radical (unpaired) electrons. The van der Waals surface area contributed by atoms with E-state index < -0.39 is 5.56 Å². The molecule has 0 saturated carbocycles. The highest BCUT2D eigenvalue weighted by Crippen LogP contribution is 2.31. The fourth-order valence-corrected chi connectivity index (χ4v) is 2.96. The van der Waals surface area contributed by atoms with Gasteiger partial charge >= 0.3 is 0 Å². The first kappa shape index (κ1) is 23.9. The molecule has 2 aromatic heterocycles. The van der Waals surface area contributed by atoms with Crippen molar-refractivity contribution >= 4 is 5.91 Å². The van der Waals surface area contributed by atoms with E-state index in [1.54, 1.807) is 30.6 Å². The van der Waals surface area contributed by atoms with E-state index in [0.29, 0.717) is 49.3 Å². The smallest absolute Gasteiger partial charge is 0.273 e. The normalized spacial score (nSPS) is 10.6. The molecular formula is C23H27N5O5. The summed E-state index contributed by atoms with van der Waals surface area (Å²) >= 11 is 0. The number of methoxy groups -OCH3 is 1. The maximum absolute atomic E-state index is 12.5. The van der Waals surface area contributed by atoms with Gasteiger partial charge in [-0.3, -0.25) is 14.6 Å². The topological polar surface area (TPSA) is 128 Å². The number of aryl methyl sites for hydroxylation is 1. The van der Waals surface area contributed by atoms with Gasteiger partial charge < -0.3 is 24.5 Å². The van der Waals surface area contributed by atoms with Gasteiger partial charge in [0.25, 0.3) is 5.56 Å². The summed E-state index contributed by atoms with van der Waals surface area (Å²) in [6, 6.07) is 8.85. The van der Waals surface area contributed by atoms with Crippen LogP contribution in [-0.4, -0.2) is 53.0 Å². The number of nitrogens with one attached hydrogen (secondary N) is 2.